The zero-order valence-corrected chi connectivity index (χ0v) is 12.5. The fourth-order valence-corrected chi connectivity index (χ4v) is 3.61. The Kier molecular flexibility index (Phi) is 3.89. The lowest BCUT2D eigenvalue weighted by Crippen LogP contribution is -2.36. The molecule has 2 saturated heterocycles. The minimum atomic E-state index is 0.188. The van der Waals surface area contributed by atoms with Crippen LogP contribution in [0.4, 0.5) is 0 Å². The van der Waals surface area contributed by atoms with Crippen molar-refractivity contribution in [3.8, 4) is 0 Å². The number of carbonyl (C=O) groups excluding carboxylic acids is 1. The molecule has 102 valence electrons. The SMILES string of the molecule is O=C(C1CCNC1)N1CCCC1c1cccc(Br)c1. The number of rotatable bonds is 2. The molecule has 0 radical (unpaired) electrons. The molecule has 1 N–H and O–H groups in total. The van der Waals surface area contributed by atoms with E-state index in [0.29, 0.717) is 5.91 Å². The van der Waals surface area contributed by atoms with E-state index in [9.17, 15) is 4.79 Å². The van der Waals surface area contributed by atoms with Crippen LogP contribution < -0.4 is 5.32 Å². The van der Waals surface area contributed by atoms with Crippen LogP contribution >= 0.6 is 15.9 Å². The van der Waals surface area contributed by atoms with Crippen molar-refractivity contribution in [3.63, 3.8) is 0 Å². The molecule has 0 spiro atoms. The molecule has 2 aliphatic heterocycles. The van der Waals surface area contributed by atoms with Crippen LogP contribution in [0.3, 0.4) is 0 Å². The first kappa shape index (κ1) is 13.1. The molecule has 1 aromatic rings. The first-order valence-electron chi connectivity index (χ1n) is 7.02. The third-order valence-electron chi connectivity index (χ3n) is 4.18. The number of halogens is 1. The van der Waals surface area contributed by atoms with Gasteiger partial charge in [-0.1, -0.05) is 28.1 Å². The molecule has 2 unspecified atom stereocenters. The van der Waals surface area contributed by atoms with Gasteiger partial charge in [0.25, 0.3) is 0 Å². The van der Waals surface area contributed by atoms with E-state index < -0.39 is 0 Å². The zero-order valence-electron chi connectivity index (χ0n) is 10.9. The van der Waals surface area contributed by atoms with E-state index in [-0.39, 0.29) is 12.0 Å². The summed E-state index contributed by atoms with van der Waals surface area (Å²) >= 11 is 3.52. The van der Waals surface area contributed by atoms with Gasteiger partial charge in [-0.15, -0.1) is 0 Å². The number of likely N-dealkylation sites (tertiary alicyclic amines) is 1. The number of hydrogen-bond donors (Lipinski definition) is 1. The lowest BCUT2D eigenvalue weighted by Gasteiger charge is -2.27. The molecule has 3 nitrogen and oxygen atoms in total. The van der Waals surface area contributed by atoms with Gasteiger partial charge in [0.2, 0.25) is 5.91 Å². The fraction of sp³-hybridized carbons (Fsp3) is 0.533. The second kappa shape index (κ2) is 5.63. The largest absolute Gasteiger partial charge is 0.335 e. The van der Waals surface area contributed by atoms with Gasteiger partial charge in [-0.3, -0.25) is 4.79 Å². The first-order chi connectivity index (χ1) is 9.25. The van der Waals surface area contributed by atoms with Crippen molar-refractivity contribution >= 4 is 21.8 Å². The average Bonchev–Trinajstić information content (AvgIpc) is 3.09. The number of hydrogen-bond acceptors (Lipinski definition) is 2. The summed E-state index contributed by atoms with van der Waals surface area (Å²) in [5.41, 5.74) is 1.26. The van der Waals surface area contributed by atoms with Gasteiger partial charge in [-0.05, 0) is 43.5 Å². The Morgan fingerprint density at radius 2 is 2.26 bits per heavy atom. The molecule has 1 aromatic carbocycles. The molecule has 2 fully saturated rings. The van der Waals surface area contributed by atoms with Crippen LogP contribution in [-0.2, 0) is 4.79 Å². The summed E-state index contributed by atoms with van der Waals surface area (Å²) in [5.74, 6) is 0.528. The number of carbonyl (C=O) groups is 1. The summed E-state index contributed by atoms with van der Waals surface area (Å²) in [6.07, 6.45) is 3.19. The highest BCUT2D eigenvalue weighted by atomic mass is 79.9. The Morgan fingerprint density at radius 3 is 3.00 bits per heavy atom. The van der Waals surface area contributed by atoms with E-state index in [0.717, 1.165) is 43.4 Å². The molecule has 0 saturated carbocycles. The van der Waals surface area contributed by atoms with Crippen molar-refractivity contribution in [3.05, 3.63) is 34.3 Å². The fourth-order valence-electron chi connectivity index (χ4n) is 3.19. The smallest absolute Gasteiger partial charge is 0.227 e. The van der Waals surface area contributed by atoms with E-state index in [1.165, 1.54) is 5.56 Å². The molecule has 2 aliphatic rings. The molecule has 4 heteroatoms. The third kappa shape index (κ3) is 2.70. The van der Waals surface area contributed by atoms with Gasteiger partial charge in [-0.2, -0.15) is 0 Å². The maximum atomic E-state index is 12.6. The van der Waals surface area contributed by atoms with E-state index >= 15 is 0 Å². The van der Waals surface area contributed by atoms with Crippen molar-refractivity contribution in [2.45, 2.75) is 25.3 Å². The predicted molar refractivity (Wildman–Crippen MR) is 78.8 cm³/mol. The Balaban J connectivity index is 1.79. The Hall–Kier alpha value is -0.870. The van der Waals surface area contributed by atoms with Gasteiger partial charge in [0.1, 0.15) is 0 Å². The molecule has 19 heavy (non-hydrogen) atoms. The Morgan fingerprint density at radius 1 is 1.37 bits per heavy atom. The molecular weight excluding hydrogens is 304 g/mol. The normalized spacial score (nSPS) is 26.9. The average molecular weight is 323 g/mol. The van der Waals surface area contributed by atoms with Gasteiger partial charge in [0, 0.05) is 17.6 Å². The van der Waals surface area contributed by atoms with E-state index in [4.69, 9.17) is 0 Å². The Bertz CT molecular complexity index is 471. The number of amides is 1. The topological polar surface area (TPSA) is 32.3 Å². The van der Waals surface area contributed by atoms with E-state index in [1.54, 1.807) is 0 Å². The monoisotopic (exact) mass is 322 g/mol. The summed E-state index contributed by atoms with van der Waals surface area (Å²) in [4.78, 5) is 14.7. The van der Waals surface area contributed by atoms with Crippen LogP contribution in [-0.4, -0.2) is 30.4 Å². The quantitative estimate of drug-likeness (QED) is 0.908. The highest BCUT2D eigenvalue weighted by Gasteiger charge is 2.34. The van der Waals surface area contributed by atoms with Gasteiger partial charge < -0.3 is 10.2 Å². The summed E-state index contributed by atoms with van der Waals surface area (Å²) < 4.78 is 1.09. The lowest BCUT2D eigenvalue weighted by molar-refractivity contribution is -0.135. The third-order valence-corrected chi connectivity index (χ3v) is 4.67. The minimum Gasteiger partial charge on any atom is -0.335 e. The van der Waals surface area contributed by atoms with Crippen LogP contribution in [0.2, 0.25) is 0 Å². The van der Waals surface area contributed by atoms with Crippen molar-refractivity contribution < 1.29 is 4.79 Å². The van der Waals surface area contributed by atoms with Crippen LogP contribution in [0.5, 0.6) is 0 Å². The lowest BCUT2D eigenvalue weighted by atomic mass is 10.0. The van der Waals surface area contributed by atoms with Gasteiger partial charge in [0.05, 0.1) is 12.0 Å². The molecule has 0 aromatic heterocycles. The molecule has 0 bridgehead atoms. The number of nitrogens with one attached hydrogen (secondary N) is 1. The van der Waals surface area contributed by atoms with Crippen LogP contribution in [0.15, 0.2) is 28.7 Å². The van der Waals surface area contributed by atoms with E-state index in [1.807, 2.05) is 6.07 Å². The Labute approximate surface area is 122 Å². The summed E-state index contributed by atoms with van der Waals surface area (Å²) in [7, 11) is 0. The summed E-state index contributed by atoms with van der Waals surface area (Å²) in [6.45, 7) is 2.73. The molecule has 2 heterocycles. The maximum Gasteiger partial charge on any atom is 0.227 e. The number of benzene rings is 1. The van der Waals surface area contributed by atoms with Gasteiger partial charge in [0.15, 0.2) is 0 Å². The predicted octanol–water partition coefficient (Wildman–Crippen LogP) is 2.72. The van der Waals surface area contributed by atoms with Gasteiger partial charge in [-0.25, -0.2) is 0 Å². The molecule has 2 atom stereocenters. The minimum absolute atomic E-state index is 0.188. The number of nitrogens with zero attached hydrogens (tertiary/aromatic N) is 1. The molecule has 0 aliphatic carbocycles. The highest BCUT2D eigenvalue weighted by molar-refractivity contribution is 9.10. The zero-order chi connectivity index (χ0) is 13.2. The van der Waals surface area contributed by atoms with E-state index in [2.05, 4.69) is 44.3 Å². The summed E-state index contributed by atoms with van der Waals surface area (Å²) in [5, 5.41) is 3.29. The van der Waals surface area contributed by atoms with Crippen molar-refractivity contribution in [2.24, 2.45) is 5.92 Å². The van der Waals surface area contributed by atoms with Crippen LogP contribution in [0, 0.1) is 5.92 Å². The molecule has 1 amide bonds. The molecule has 3 rings (SSSR count). The maximum absolute atomic E-state index is 12.6. The van der Waals surface area contributed by atoms with Crippen LogP contribution in [0.25, 0.3) is 0 Å². The second-order valence-electron chi connectivity index (χ2n) is 5.43. The van der Waals surface area contributed by atoms with Crippen LogP contribution in [0.1, 0.15) is 30.9 Å². The summed E-state index contributed by atoms with van der Waals surface area (Å²) in [6, 6.07) is 8.63. The standard InChI is InChI=1S/C15H19BrN2O/c16-13-4-1-3-11(9-13)14-5-2-8-18(14)15(19)12-6-7-17-10-12/h1,3-4,9,12,14,17H,2,5-8,10H2. The first-order valence-corrected chi connectivity index (χ1v) is 7.81. The van der Waals surface area contributed by atoms with Gasteiger partial charge >= 0.3 is 0 Å². The molecular formula is C15H19BrN2O. The van der Waals surface area contributed by atoms with Crippen molar-refractivity contribution in [2.75, 3.05) is 19.6 Å². The van der Waals surface area contributed by atoms with Crippen molar-refractivity contribution in [1.29, 1.82) is 0 Å². The highest BCUT2D eigenvalue weighted by Crippen LogP contribution is 2.34. The second-order valence-corrected chi connectivity index (χ2v) is 6.35. The van der Waals surface area contributed by atoms with Crippen molar-refractivity contribution in [1.82, 2.24) is 10.2 Å².